The van der Waals surface area contributed by atoms with E-state index in [1.165, 1.54) is 5.56 Å². The number of benzene rings is 1. The average molecular weight is 262 g/mol. The highest BCUT2D eigenvalue weighted by atomic mass is 16.5. The second-order valence-corrected chi connectivity index (χ2v) is 5.25. The van der Waals surface area contributed by atoms with Gasteiger partial charge < -0.3 is 15.4 Å². The van der Waals surface area contributed by atoms with Crippen molar-refractivity contribution >= 4 is 5.91 Å². The molecule has 2 atom stereocenters. The Morgan fingerprint density at radius 1 is 1.47 bits per heavy atom. The van der Waals surface area contributed by atoms with E-state index < -0.39 is 6.10 Å². The maximum atomic E-state index is 12.2. The molecule has 0 saturated carbocycles. The van der Waals surface area contributed by atoms with Crippen LogP contribution in [0.15, 0.2) is 24.3 Å². The molecule has 1 aliphatic heterocycles. The molecule has 19 heavy (non-hydrogen) atoms. The van der Waals surface area contributed by atoms with Crippen molar-refractivity contribution < 1.29 is 9.53 Å². The summed E-state index contributed by atoms with van der Waals surface area (Å²) in [7, 11) is 0. The SMILES string of the molecule is Cc1ccc(OC(C)C(=O)N2CCC(CN)C2)cc1. The molecule has 1 amide bonds. The van der Waals surface area contributed by atoms with Crippen LogP contribution in [-0.2, 0) is 4.79 Å². The lowest BCUT2D eigenvalue weighted by molar-refractivity contribution is -0.136. The van der Waals surface area contributed by atoms with E-state index in [9.17, 15) is 4.79 Å². The van der Waals surface area contributed by atoms with E-state index in [2.05, 4.69) is 0 Å². The standard InChI is InChI=1S/C15H22N2O2/c1-11-3-5-14(6-4-11)19-12(2)15(18)17-8-7-13(9-16)10-17/h3-6,12-13H,7-10,16H2,1-2H3. The number of aryl methyl sites for hydroxylation is 1. The molecule has 0 bridgehead atoms. The van der Waals surface area contributed by atoms with Crippen LogP contribution >= 0.6 is 0 Å². The number of ether oxygens (including phenoxy) is 1. The third-order valence-electron chi connectivity index (χ3n) is 3.61. The van der Waals surface area contributed by atoms with Gasteiger partial charge in [-0.1, -0.05) is 17.7 Å². The number of amides is 1. The second-order valence-electron chi connectivity index (χ2n) is 5.25. The number of carbonyl (C=O) groups excluding carboxylic acids is 1. The molecule has 4 heteroatoms. The summed E-state index contributed by atoms with van der Waals surface area (Å²) in [5, 5.41) is 0. The molecule has 1 heterocycles. The molecule has 104 valence electrons. The van der Waals surface area contributed by atoms with E-state index in [0.717, 1.165) is 25.3 Å². The summed E-state index contributed by atoms with van der Waals surface area (Å²) in [6, 6.07) is 7.75. The zero-order chi connectivity index (χ0) is 13.8. The van der Waals surface area contributed by atoms with E-state index >= 15 is 0 Å². The minimum Gasteiger partial charge on any atom is -0.481 e. The summed E-state index contributed by atoms with van der Waals surface area (Å²) in [6.07, 6.45) is 0.554. The number of nitrogens with zero attached hydrogens (tertiary/aromatic N) is 1. The van der Waals surface area contributed by atoms with E-state index in [1.807, 2.05) is 36.1 Å². The van der Waals surface area contributed by atoms with E-state index in [1.54, 1.807) is 6.92 Å². The highest BCUT2D eigenvalue weighted by molar-refractivity contribution is 5.81. The third kappa shape index (κ3) is 3.47. The van der Waals surface area contributed by atoms with Gasteiger partial charge in [0.25, 0.3) is 5.91 Å². The molecule has 2 N–H and O–H groups in total. The zero-order valence-electron chi connectivity index (χ0n) is 11.6. The average Bonchev–Trinajstić information content (AvgIpc) is 2.89. The normalized spacial score (nSPS) is 20.4. The van der Waals surface area contributed by atoms with Gasteiger partial charge in [0, 0.05) is 13.1 Å². The molecule has 2 rings (SSSR count). The van der Waals surface area contributed by atoms with Crippen molar-refractivity contribution in [3.05, 3.63) is 29.8 Å². The van der Waals surface area contributed by atoms with Gasteiger partial charge in [-0.15, -0.1) is 0 Å². The first kappa shape index (κ1) is 13.9. The molecule has 1 aliphatic rings. The maximum absolute atomic E-state index is 12.2. The molecule has 1 fully saturated rings. The van der Waals surface area contributed by atoms with Gasteiger partial charge in [0.05, 0.1) is 0 Å². The number of rotatable bonds is 4. The Hall–Kier alpha value is -1.55. The summed E-state index contributed by atoms with van der Waals surface area (Å²) < 4.78 is 5.69. The van der Waals surface area contributed by atoms with Crippen LogP contribution in [0.5, 0.6) is 5.75 Å². The number of nitrogens with two attached hydrogens (primary N) is 1. The van der Waals surface area contributed by atoms with Gasteiger partial charge in [-0.2, -0.15) is 0 Å². The van der Waals surface area contributed by atoms with Crippen LogP contribution in [-0.4, -0.2) is 36.5 Å². The summed E-state index contributed by atoms with van der Waals surface area (Å²) in [5.41, 5.74) is 6.82. The molecule has 0 aliphatic carbocycles. The quantitative estimate of drug-likeness (QED) is 0.896. The highest BCUT2D eigenvalue weighted by Crippen LogP contribution is 2.18. The fourth-order valence-corrected chi connectivity index (χ4v) is 2.35. The van der Waals surface area contributed by atoms with Gasteiger partial charge in [0.2, 0.25) is 0 Å². The molecule has 0 radical (unpaired) electrons. The third-order valence-corrected chi connectivity index (χ3v) is 3.61. The molecule has 1 saturated heterocycles. The van der Waals surface area contributed by atoms with Crippen molar-refractivity contribution in [2.24, 2.45) is 11.7 Å². The largest absolute Gasteiger partial charge is 0.481 e. The van der Waals surface area contributed by atoms with Crippen LogP contribution in [0, 0.1) is 12.8 Å². The van der Waals surface area contributed by atoms with Crippen LogP contribution in [0.4, 0.5) is 0 Å². The Labute approximate surface area is 114 Å². The Kier molecular flexibility index (Phi) is 4.43. The first-order chi connectivity index (χ1) is 9.10. The predicted octanol–water partition coefficient (Wildman–Crippen LogP) is 1.57. The fourth-order valence-electron chi connectivity index (χ4n) is 2.35. The van der Waals surface area contributed by atoms with Gasteiger partial charge >= 0.3 is 0 Å². The maximum Gasteiger partial charge on any atom is 0.263 e. The Morgan fingerprint density at radius 3 is 2.74 bits per heavy atom. The molecular weight excluding hydrogens is 240 g/mol. The van der Waals surface area contributed by atoms with Crippen LogP contribution in [0.3, 0.4) is 0 Å². The minimum absolute atomic E-state index is 0.0523. The molecule has 1 aromatic rings. The lowest BCUT2D eigenvalue weighted by atomic mass is 10.1. The highest BCUT2D eigenvalue weighted by Gasteiger charge is 2.29. The lowest BCUT2D eigenvalue weighted by Crippen LogP contribution is -2.39. The Balaban J connectivity index is 1.91. The van der Waals surface area contributed by atoms with Crippen LogP contribution in [0.25, 0.3) is 0 Å². The van der Waals surface area contributed by atoms with Crippen molar-refractivity contribution in [3.63, 3.8) is 0 Å². The lowest BCUT2D eigenvalue weighted by Gasteiger charge is -2.21. The number of likely N-dealkylation sites (tertiary alicyclic amines) is 1. The van der Waals surface area contributed by atoms with Crippen LogP contribution in [0.2, 0.25) is 0 Å². The number of carbonyl (C=O) groups is 1. The molecule has 4 nitrogen and oxygen atoms in total. The van der Waals surface area contributed by atoms with Gasteiger partial charge in [-0.3, -0.25) is 4.79 Å². The van der Waals surface area contributed by atoms with E-state index in [-0.39, 0.29) is 5.91 Å². The van der Waals surface area contributed by atoms with Gasteiger partial charge in [0.15, 0.2) is 6.10 Å². The molecule has 0 aromatic heterocycles. The number of hydrogen-bond donors (Lipinski definition) is 1. The van der Waals surface area contributed by atoms with Crippen molar-refractivity contribution in [1.82, 2.24) is 4.90 Å². The molecule has 1 aromatic carbocycles. The monoisotopic (exact) mass is 262 g/mol. The van der Waals surface area contributed by atoms with Crippen molar-refractivity contribution in [2.75, 3.05) is 19.6 Å². The summed E-state index contributed by atoms with van der Waals surface area (Å²) in [5.74, 6) is 1.23. The van der Waals surface area contributed by atoms with E-state index in [4.69, 9.17) is 10.5 Å². The van der Waals surface area contributed by atoms with Gasteiger partial charge in [0.1, 0.15) is 5.75 Å². The number of hydrogen-bond acceptors (Lipinski definition) is 3. The zero-order valence-corrected chi connectivity index (χ0v) is 11.6. The van der Waals surface area contributed by atoms with Crippen molar-refractivity contribution in [2.45, 2.75) is 26.4 Å². The molecular formula is C15H22N2O2. The second kappa shape index (κ2) is 6.06. The summed E-state index contributed by atoms with van der Waals surface area (Å²) in [4.78, 5) is 14.1. The molecule has 0 spiro atoms. The van der Waals surface area contributed by atoms with Gasteiger partial charge in [-0.05, 0) is 44.9 Å². The first-order valence-corrected chi connectivity index (χ1v) is 6.82. The van der Waals surface area contributed by atoms with E-state index in [0.29, 0.717) is 12.5 Å². The Bertz CT molecular complexity index is 430. The van der Waals surface area contributed by atoms with Crippen molar-refractivity contribution in [1.29, 1.82) is 0 Å². The van der Waals surface area contributed by atoms with Crippen molar-refractivity contribution in [3.8, 4) is 5.75 Å². The first-order valence-electron chi connectivity index (χ1n) is 6.82. The van der Waals surface area contributed by atoms with Crippen LogP contribution < -0.4 is 10.5 Å². The summed E-state index contributed by atoms with van der Waals surface area (Å²) >= 11 is 0. The molecule has 2 unspecified atom stereocenters. The van der Waals surface area contributed by atoms with Crippen LogP contribution in [0.1, 0.15) is 18.9 Å². The fraction of sp³-hybridized carbons (Fsp3) is 0.533. The van der Waals surface area contributed by atoms with Gasteiger partial charge in [-0.25, -0.2) is 0 Å². The Morgan fingerprint density at radius 2 is 2.16 bits per heavy atom. The minimum atomic E-state index is -0.445. The predicted molar refractivity (Wildman–Crippen MR) is 75.0 cm³/mol. The smallest absolute Gasteiger partial charge is 0.263 e. The summed E-state index contributed by atoms with van der Waals surface area (Å²) in [6.45, 7) is 6.03. The topological polar surface area (TPSA) is 55.6 Å².